The molecule has 0 saturated heterocycles. The van der Waals surface area contributed by atoms with E-state index in [2.05, 4.69) is 36.2 Å². The van der Waals surface area contributed by atoms with Gasteiger partial charge in [-0.1, -0.05) is 20.8 Å². The molecule has 0 aliphatic carbocycles. The van der Waals surface area contributed by atoms with Crippen LogP contribution in [0.2, 0.25) is 5.28 Å². The second-order valence-electron chi connectivity index (χ2n) is 6.94. The summed E-state index contributed by atoms with van der Waals surface area (Å²) in [5.41, 5.74) is 2.07. The highest BCUT2D eigenvalue weighted by Gasteiger charge is 2.23. The lowest BCUT2D eigenvalue weighted by molar-refractivity contribution is 0.0516. The van der Waals surface area contributed by atoms with Crippen LogP contribution in [0.3, 0.4) is 0 Å². The molecule has 0 spiro atoms. The summed E-state index contributed by atoms with van der Waals surface area (Å²) in [6.45, 7) is 12.1. The number of hydrogen-bond donors (Lipinski definition) is 1. The fraction of sp³-hybridized carbons (Fsp3) is 0.643. The topological polar surface area (TPSA) is 67.4 Å². The van der Waals surface area contributed by atoms with Crippen LogP contribution in [0.15, 0.2) is 12.3 Å². The maximum Gasteiger partial charge on any atom is 0.426 e. The highest BCUT2D eigenvalue weighted by atomic mass is 35.5. The van der Waals surface area contributed by atoms with Crippen molar-refractivity contribution in [3.63, 3.8) is 0 Å². The van der Waals surface area contributed by atoms with E-state index in [4.69, 9.17) is 16.3 Å². The molecule has 0 aromatic carbocycles. The number of halogens is 1. The van der Waals surface area contributed by atoms with Gasteiger partial charge in [0.1, 0.15) is 5.60 Å². The lowest BCUT2D eigenvalue weighted by Crippen LogP contribution is -2.48. The van der Waals surface area contributed by atoms with Crippen LogP contribution in [-0.4, -0.2) is 28.2 Å². The number of rotatable bonds is 3. The molecule has 1 amide bonds. The van der Waals surface area contributed by atoms with Crippen LogP contribution >= 0.6 is 11.6 Å². The number of amides is 1. The van der Waals surface area contributed by atoms with Gasteiger partial charge in [0.25, 0.3) is 0 Å². The van der Waals surface area contributed by atoms with Gasteiger partial charge < -0.3 is 4.74 Å². The summed E-state index contributed by atoms with van der Waals surface area (Å²) < 4.78 is 5.27. The molecule has 21 heavy (non-hydrogen) atoms. The van der Waals surface area contributed by atoms with Crippen LogP contribution in [0.25, 0.3) is 0 Å². The number of nitrogens with one attached hydrogen (secondary N) is 1. The Kier molecular flexibility index (Phi) is 5.39. The van der Waals surface area contributed by atoms with E-state index in [9.17, 15) is 4.79 Å². The minimum absolute atomic E-state index is 0.0631. The molecular weight excluding hydrogens is 292 g/mol. The third-order valence-electron chi connectivity index (χ3n) is 2.15. The third kappa shape index (κ3) is 7.13. The molecule has 7 heteroatoms. The number of hydrazine groups is 1. The highest BCUT2D eigenvalue weighted by Crippen LogP contribution is 2.19. The molecule has 0 radical (unpaired) electrons. The minimum atomic E-state index is -0.569. The molecule has 0 unspecified atom stereocenters. The number of aromatic nitrogens is 2. The second-order valence-corrected chi connectivity index (χ2v) is 7.28. The number of anilines is 1. The highest BCUT2D eigenvalue weighted by molar-refractivity contribution is 6.28. The molecule has 0 aliphatic rings. The van der Waals surface area contributed by atoms with Crippen LogP contribution in [-0.2, 0) is 4.74 Å². The fourth-order valence-corrected chi connectivity index (χ4v) is 1.68. The van der Waals surface area contributed by atoms with Gasteiger partial charge in [0.2, 0.25) is 5.28 Å². The molecule has 0 fully saturated rings. The summed E-state index contributed by atoms with van der Waals surface area (Å²) in [6, 6.07) is 1.68. The molecule has 1 heterocycles. The van der Waals surface area contributed by atoms with Gasteiger partial charge in [0, 0.05) is 18.8 Å². The molecule has 1 N–H and O–H groups in total. The van der Waals surface area contributed by atoms with E-state index in [0.29, 0.717) is 12.4 Å². The van der Waals surface area contributed by atoms with Gasteiger partial charge in [-0.2, -0.15) is 4.98 Å². The zero-order chi connectivity index (χ0) is 16.3. The molecule has 0 bridgehead atoms. The lowest BCUT2D eigenvalue weighted by Gasteiger charge is -2.31. The Morgan fingerprint density at radius 3 is 2.43 bits per heavy atom. The van der Waals surface area contributed by atoms with Crippen molar-refractivity contribution < 1.29 is 9.53 Å². The van der Waals surface area contributed by atoms with E-state index in [1.165, 1.54) is 6.20 Å². The lowest BCUT2D eigenvalue weighted by atomic mass is 9.97. The summed E-state index contributed by atoms with van der Waals surface area (Å²) in [6.07, 6.45) is 0.998. The summed E-state index contributed by atoms with van der Waals surface area (Å²) in [4.78, 5) is 19.9. The quantitative estimate of drug-likeness (QED) is 0.684. The normalized spacial score (nSPS) is 12.0. The summed E-state index contributed by atoms with van der Waals surface area (Å²) >= 11 is 5.81. The Morgan fingerprint density at radius 1 is 1.33 bits per heavy atom. The van der Waals surface area contributed by atoms with Crippen molar-refractivity contribution in [2.24, 2.45) is 5.41 Å². The number of hydrogen-bond acceptors (Lipinski definition) is 5. The van der Waals surface area contributed by atoms with Crippen molar-refractivity contribution >= 4 is 23.5 Å². The maximum absolute atomic E-state index is 12.0. The average Bonchev–Trinajstić information content (AvgIpc) is 2.23. The maximum atomic E-state index is 12.0. The SMILES string of the molecule is CC(C)(C)CN(NC(=O)OC(C)(C)C)c1ccnc(Cl)n1. The van der Waals surface area contributed by atoms with Crippen molar-refractivity contribution in [3.8, 4) is 0 Å². The zero-order valence-corrected chi connectivity index (χ0v) is 14.2. The first-order valence-electron chi connectivity index (χ1n) is 6.72. The van der Waals surface area contributed by atoms with E-state index in [0.717, 1.165) is 0 Å². The summed E-state index contributed by atoms with van der Waals surface area (Å²) in [5.74, 6) is 0.510. The van der Waals surface area contributed by atoms with Crippen molar-refractivity contribution in [2.75, 3.05) is 11.6 Å². The Balaban J connectivity index is 2.90. The first kappa shape index (κ1) is 17.5. The smallest absolute Gasteiger partial charge is 0.426 e. The first-order valence-corrected chi connectivity index (χ1v) is 7.10. The zero-order valence-electron chi connectivity index (χ0n) is 13.4. The van der Waals surface area contributed by atoms with Crippen LogP contribution in [0.1, 0.15) is 41.5 Å². The predicted octanol–water partition coefficient (Wildman–Crippen LogP) is 3.42. The number of nitrogens with zero attached hydrogens (tertiary/aromatic N) is 3. The van der Waals surface area contributed by atoms with Gasteiger partial charge in [0.05, 0.1) is 0 Å². The van der Waals surface area contributed by atoms with E-state index >= 15 is 0 Å². The fourth-order valence-electron chi connectivity index (χ4n) is 1.54. The predicted molar refractivity (Wildman–Crippen MR) is 83.2 cm³/mol. The van der Waals surface area contributed by atoms with Crippen LogP contribution in [0.4, 0.5) is 10.6 Å². The number of carbonyl (C=O) groups is 1. The summed E-state index contributed by atoms with van der Waals surface area (Å²) in [7, 11) is 0. The van der Waals surface area contributed by atoms with E-state index in [1.807, 2.05) is 20.8 Å². The Labute approximate surface area is 130 Å². The Morgan fingerprint density at radius 2 is 1.95 bits per heavy atom. The molecule has 1 aromatic heterocycles. The molecule has 1 rings (SSSR count). The van der Waals surface area contributed by atoms with E-state index < -0.39 is 11.7 Å². The molecular formula is C14H23ClN4O2. The molecule has 118 valence electrons. The standard InChI is InChI=1S/C14H23ClN4O2/c1-13(2,3)9-19(10-7-8-16-11(15)17-10)18-12(20)21-14(4,5)6/h7-8H,9H2,1-6H3,(H,18,20). The number of carbonyl (C=O) groups excluding carboxylic acids is 1. The molecule has 0 aliphatic heterocycles. The van der Waals surface area contributed by atoms with Gasteiger partial charge >= 0.3 is 6.09 Å². The molecule has 0 saturated carbocycles. The van der Waals surface area contributed by atoms with Gasteiger partial charge in [-0.25, -0.2) is 15.2 Å². The minimum Gasteiger partial charge on any atom is -0.443 e. The molecule has 1 aromatic rings. The summed E-state index contributed by atoms with van der Waals surface area (Å²) in [5, 5.41) is 1.74. The first-order chi connectivity index (χ1) is 9.46. The van der Waals surface area contributed by atoms with Gasteiger partial charge in [-0.15, -0.1) is 0 Å². The second kappa shape index (κ2) is 6.47. The monoisotopic (exact) mass is 314 g/mol. The van der Waals surface area contributed by atoms with Crippen molar-refractivity contribution in [1.82, 2.24) is 15.4 Å². The third-order valence-corrected chi connectivity index (χ3v) is 2.33. The van der Waals surface area contributed by atoms with E-state index in [1.54, 1.807) is 11.1 Å². The van der Waals surface area contributed by atoms with Gasteiger partial charge in [-0.3, -0.25) is 5.01 Å². The van der Waals surface area contributed by atoms with Crippen molar-refractivity contribution in [1.29, 1.82) is 0 Å². The number of ether oxygens (including phenoxy) is 1. The Hall–Kier alpha value is -1.56. The Bertz CT molecular complexity index is 494. The molecule has 6 nitrogen and oxygen atoms in total. The van der Waals surface area contributed by atoms with E-state index in [-0.39, 0.29) is 10.7 Å². The molecule has 0 atom stereocenters. The van der Waals surface area contributed by atoms with Gasteiger partial charge in [-0.05, 0) is 37.8 Å². The van der Waals surface area contributed by atoms with Crippen LogP contribution < -0.4 is 10.4 Å². The van der Waals surface area contributed by atoms with Crippen LogP contribution in [0, 0.1) is 5.41 Å². The average molecular weight is 315 g/mol. The van der Waals surface area contributed by atoms with Crippen LogP contribution in [0.5, 0.6) is 0 Å². The van der Waals surface area contributed by atoms with Crippen molar-refractivity contribution in [2.45, 2.75) is 47.1 Å². The van der Waals surface area contributed by atoms with Crippen molar-refractivity contribution in [3.05, 3.63) is 17.5 Å². The van der Waals surface area contributed by atoms with Gasteiger partial charge in [0.15, 0.2) is 5.82 Å². The largest absolute Gasteiger partial charge is 0.443 e.